The molecule has 0 radical (unpaired) electrons. The first kappa shape index (κ1) is 14.6. The second-order valence-corrected chi connectivity index (χ2v) is 3.94. The fraction of sp³-hybridized carbons (Fsp3) is 0.333. The van der Waals surface area contributed by atoms with Gasteiger partial charge in [0.15, 0.2) is 0 Å². The third-order valence-electron chi connectivity index (χ3n) is 2.54. The van der Waals surface area contributed by atoms with Gasteiger partial charge in [-0.1, -0.05) is 19.1 Å². The normalized spacial score (nSPS) is 11.6. The number of nitrogens with zero attached hydrogens (tertiary/aromatic N) is 1. The number of aliphatic carboxylic acids is 1. The summed E-state index contributed by atoms with van der Waals surface area (Å²) in [6.07, 6.45) is 0.281. The lowest BCUT2D eigenvalue weighted by Gasteiger charge is -2.13. The zero-order chi connectivity index (χ0) is 14.4. The van der Waals surface area contributed by atoms with Crippen LogP contribution in [0.25, 0.3) is 0 Å². The Bertz CT molecular complexity index is 483. The molecule has 0 unspecified atom stereocenters. The molecule has 0 saturated carbocycles. The smallest absolute Gasteiger partial charge is 0.326 e. The number of benzene rings is 1. The van der Waals surface area contributed by atoms with Crippen molar-refractivity contribution in [3.63, 3.8) is 0 Å². The SMILES string of the molecule is CCC(=O)N[C@H](Cc1ccc([N+](=O)[O-])cc1)C(=O)O. The summed E-state index contributed by atoms with van der Waals surface area (Å²) in [6.45, 7) is 1.63. The maximum absolute atomic E-state index is 11.2. The zero-order valence-corrected chi connectivity index (χ0v) is 10.3. The molecular weight excluding hydrogens is 252 g/mol. The molecule has 19 heavy (non-hydrogen) atoms. The van der Waals surface area contributed by atoms with Crippen LogP contribution in [0.2, 0.25) is 0 Å². The maximum Gasteiger partial charge on any atom is 0.326 e. The number of amides is 1. The largest absolute Gasteiger partial charge is 0.480 e. The number of non-ortho nitro benzene ring substituents is 1. The second kappa shape index (κ2) is 6.48. The number of rotatable bonds is 6. The van der Waals surface area contributed by atoms with E-state index in [1.165, 1.54) is 24.3 Å². The molecule has 1 aromatic carbocycles. The van der Waals surface area contributed by atoms with E-state index >= 15 is 0 Å². The predicted molar refractivity (Wildman–Crippen MR) is 66.7 cm³/mol. The molecule has 0 spiro atoms. The van der Waals surface area contributed by atoms with E-state index in [-0.39, 0.29) is 24.4 Å². The molecule has 7 heteroatoms. The van der Waals surface area contributed by atoms with Gasteiger partial charge in [0.2, 0.25) is 5.91 Å². The molecule has 1 rings (SSSR count). The van der Waals surface area contributed by atoms with Crippen molar-refractivity contribution in [1.29, 1.82) is 0 Å². The molecule has 0 fully saturated rings. The third kappa shape index (κ3) is 4.38. The van der Waals surface area contributed by atoms with Gasteiger partial charge in [-0.2, -0.15) is 0 Å². The average Bonchev–Trinajstić information content (AvgIpc) is 2.38. The lowest BCUT2D eigenvalue weighted by molar-refractivity contribution is -0.384. The van der Waals surface area contributed by atoms with Gasteiger partial charge < -0.3 is 10.4 Å². The first-order valence-electron chi connectivity index (χ1n) is 5.69. The molecule has 0 aliphatic rings. The number of hydrogen-bond acceptors (Lipinski definition) is 4. The fourth-order valence-corrected chi connectivity index (χ4v) is 1.49. The highest BCUT2D eigenvalue weighted by atomic mass is 16.6. The molecular formula is C12H14N2O5. The van der Waals surface area contributed by atoms with E-state index in [2.05, 4.69) is 5.32 Å². The van der Waals surface area contributed by atoms with Gasteiger partial charge >= 0.3 is 5.97 Å². The van der Waals surface area contributed by atoms with Gasteiger partial charge in [0.25, 0.3) is 5.69 Å². The standard InChI is InChI=1S/C12H14N2O5/c1-2-11(15)13-10(12(16)17)7-8-3-5-9(6-4-8)14(18)19/h3-6,10H,2,7H2,1H3,(H,13,15)(H,16,17)/t10-/m1/s1. The van der Waals surface area contributed by atoms with Crippen molar-refractivity contribution in [2.75, 3.05) is 0 Å². The predicted octanol–water partition coefficient (Wildman–Crippen LogP) is 1.12. The van der Waals surface area contributed by atoms with E-state index in [1.54, 1.807) is 6.92 Å². The summed E-state index contributed by atoms with van der Waals surface area (Å²) < 4.78 is 0. The maximum atomic E-state index is 11.2. The van der Waals surface area contributed by atoms with Gasteiger partial charge in [-0.25, -0.2) is 4.79 Å². The lowest BCUT2D eigenvalue weighted by atomic mass is 10.1. The van der Waals surface area contributed by atoms with Crippen LogP contribution >= 0.6 is 0 Å². The summed E-state index contributed by atoms with van der Waals surface area (Å²) in [6, 6.07) is 4.53. The third-order valence-corrected chi connectivity index (χ3v) is 2.54. The van der Waals surface area contributed by atoms with Crippen LogP contribution in [0.15, 0.2) is 24.3 Å². The first-order chi connectivity index (χ1) is 8.93. The van der Waals surface area contributed by atoms with Gasteiger partial charge in [0.1, 0.15) is 6.04 Å². The monoisotopic (exact) mass is 266 g/mol. The van der Waals surface area contributed by atoms with E-state index < -0.39 is 16.9 Å². The summed E-state index contributed by atoms with van der Waals surface area (Å²) in [5.41, 5.74) is 0.544. The Hall–Kier alpha value is -2.44. The molecule has 7 nitrogen and oxygen atoms in total. The number of carboxylic acids is 1. The minimum absolute atomic E-state index is 0.0618. The van der Waals surface area contributed by atoms with Gasteiger partial charge in [0.05, 0.1) is 4.92 Å². The molecule has 0 bridgehead atoms. The number of hydrogen-bond donors (Lipinski definition) is 2. The molecule has 102 valence electrons. The van der Waals surface area contributed by atoms with Crippen LogP contribution in [0.4, 0.5) is 5.69 Å². The Morgan fingerprint density at radius 1 is 1.37 bits per heavy atom. The van der Waals surface area contributed by atoms with Crippen molar-refractivity contribution in [1.82, 2.24) is 5.32 Å². The molecule has 0 saturated heterocycles. The highest BCUT2D eigenvalue weighted by Crippen LogP contribution is 2.13. The van der Waals surface area contributed by atoms with E-state index in [9.17, 15) is 19.7 Å². The fourth-order valence-electron chi connectivity index (χ4n) is 1.49. The summed E-state index contributed by atoms with van der Waals surface area (Å²) in [7, 11) is 0. The summed E-state index contributed by atoms with van der Waals surface area (Å²) in [5.74, 6) is -1.49. The second-order valence-electron chi connectivity index (χ2n) is 3.94. The Labute approximate surface area is 109 Å². The molecule has 1 aromatic rings. The van der Waals surface area contributed by atoms with Crippen molar-refractivity contribution in [3.05, 3.63) is 39.9 Å². The van der Waals surface area contributed by atoms with Gasteiger partial charge in [-0.05, 0) is 5.56 Å². The van der Waals surface area contributed by atoms with Crippen LogP contribution in [0, 0.1) is 10.1 Å². The van der Waals surface area contributed by atoms with Crippen LogP contribution in [0.1, 0.15) is 18.9 Å². The molecule has 0 aliphatic heterocycles. The van der Waals surface area contributed by atoms with Crippen molar-refractivity contribution in [3.8, 4) is 0 Å². The van der Waals surface area contributed by atoms with Crippen molar-refractivity contribution in [2.24, 2.45) is 0 Å². The van der Waals surface area contributed by atoms with E-state index in [0.29, 0.717) is 5.56 Å². The Morgan fingerprint density at radius 3 is 2.37 bits per heavy atom. The molecule has 1 amide bonds. The number of carbonyl (C=O) groups is 2. The molecule has 1 atom stereocenters. The summed E-state index contributed by atoms with van der Waals surface area (Å²) in [5, 5.41) is 21.9. The molecule has 0 heterocycles. The zero-order valence-electron chi connectivity index (χ0n) is 10.3. The summed E-state index contributed by atoms with van der Waals surface area (Å²) >= 11 is 0. The van der Waals surface area contributed by atoms with Crippen LogP contribution in [0.3, 0.4) is 0 Å². The van der Waals surface area contributed by atoms with Gasteiger partial charge in [0, 0.05) is 25.0 Å². The van der Waals surface area contributed by atoms with E-state index in [1.807, 2.05) is 0 Å². The Morgan fingerprint density at radius 2 is 1.95 bits per heavy atom. The topological polar surface area (TPSA) is 110 Å². The van der Waals surface area contributed by atoms with Gasteiger partial charge in [-0.3, -0.25) is 14.9 Å². The van der Waals surface area contributed by atoms with E-state index in [4.69, 9.17) is 5.11 Å². The Balaban J connectivity index is 2.76. The molecule has 2 N–H and O–H groups in total. The number of nitro groups is 1. The number of carboxylic acid groups (broad SMARTS) is 1. The minimum Gasteiger partial charge on any atom is -0.480 e. The van der Waals surface area contributed by atoms with Crippen LogP contribution in [0.5, 0.6) is 0 Å². The van der Waals surface area contributed by atoms with Gasteiger partial charge in [-0.15, -0.1) is 0 Å². The van der Waals surface area contributed by atoms with Crippen LogP contribution in [-0.4, -0.2) is 27.9 Å². The average molecular weight is 266 g/mol. The highest BCUT2D eigenvalue weighted by molar-refractivity contribution is 5.83. The minimum atomic E-state index is -1.14. The summed E-state index contributed by atoms with van der Waals surface area (Å²) in [4.78, 5) is 32.2. The number of nitrogens with one attached hydrogen (secondary N) is 1. The van der Waals surface area contributed by atoms with Crippen LogP contribution in [-0.2, 0) is 16.0 Å². The highest BCUT2D eigenvalue weighted by Gasteiger charge is 2.19. The lowest BCUT2D eigenvalue weighted by Crippen LogP contribution is -2.42. The number of nitro benzene ring substituents is 1. The van der Waals surface area contributed by atoms with E-state index in [0.717, 1.165) is 0 Å². The van der Waals surface area contributed by atoms with Crippen molar-refractivity contribution < 1.29 is 19.6 Å². The molecule has 0 aromatic heterocycles. The van der Waals surface area contributed by atoms with Crippen molar-refractivity contribution in [2.45, 2.75) is 25.8 Å². The molecule has 0 aliphatic carbocycles. The van der Waals surface area contributed by atoms with Crippen LogP contribution < -0.4 is 5.32 Å². The quantitative estimate of drug-likeness (QED) is 0.592. The Kier molecular flexibility index (Phi) is 4.99. The van der Waals surface area contributed by atoms with Crippen molar-refractivity contribution >= 4 is 17.6 Å². The first-order valence-corrected chi connectivity index (χ1v) is 5.69. The number of carbonyl (C=O) groups excluding carboxylic acids is 1.